The summed E-state index contributed by atoms with van der Waals surface area (Å²) in [5, 5.41) is 2.81. The molecule has 196 valence electrons. The Balaban J connectivity index is 1.46. The minimum absolute atomic E-state index is 0.168. The first-order chi connectivity index (χ1) is 18.2. The molecule has 7 nitrogen and oxygen atoms in total. The van der Waals surface area contributed by atoms with E-state index in [1.807, 2.05) is 87.4 Å². The van der Waals surface area contributed by atoms with Gasteiger partial charge in [-0.3, -0.25) is 14.5 Å². The highest BCUT2D eigenvalue weighted by Gasteiger charge is 2.33. The second-order valence-electron chi connectivity index (χ2n) is 8.77. The molecule has 1 saturated heterocycles. The molecule has 4 rings (SSSR count). The monoisotopic (exact) mass is 547 g/mol. The average molecular weight is 548 g/mol. The van der Waals surface area contributed by atoms with Gasteiger partial charge in [-0.25, -0.2) is 0 Å². The maximum atomic E-state index is 13.2. The summed E-state index contributed by atoms with van der Waals surface area (Å²) in [6.07, 6.45) is 1.78. The number of thioether (sulfide) groups is 1. The van der Waals surface area contributed by atoms with Crippen molar-refractivity contribution in [3.63, 3.8) is 0 Å². The van der Waals surface area contributed by atoms with Crippen LogP contribution >= 0.6 is 24.0 Å². The van der Waals surface area contributed by atoms with Crippen LogP contribution in [0.25, 0.3) is 6.08 Å². The Labute approximate surface area is 232 Å². The molecule has 0 unspecified atom stereocenters. The quantitative estimate of drug-likeness (QED) is 0.265. The fraction of sp³-hybridized carbons (Fsp3) is 0.207. The van der Waals surface area contributed by atoms with Crippen LogP contribution in [0.5, 0.6) is 11.5 Å². The van der Waals surface area contributed by atoms with Crippen molar-refractivity contribution in [2.45, 2.75) is 13.8 Å². The van der Waals surface area contributed by atoms with E-state index >= 15 is 0 Å². The Morgan fingerprint density at radius 1 is 1.03 bits per heavy atom. The number of ether oxygens (including phenoxy) is 2. The van der Waals surface area contributed by atoms with Gasteiger partial charge in [-0.15, -0.1) is 0 Å². The van der Waals surface area contributed by atoms with E-state index in [1.165, 1.54) is 11.8 Å². The Hall–Kier alpha value is -3.82. The van der Waals surface area contributed by atoms with Gasteiger partial charge in [-0.1, -0.05) is 47.7 Å². The number of nitrogens with zero attached hydrogens (tertiary/aromatic N) is 2. The van der Waals surface area contributed by atoms with Crippen LogP contribution in [0.3, 0.4) is 0 Å². The number of benzene rings is 3. The lowest BCUT2D eigenvalue weighted by Crippen LogP contribution is -2.27. The van der Waals surface area contributed by atoms with Gasteiger partial charge < -0.3 is 19.7 Å². The highest BCUT2D eigenvalue weighted by Crippen LogP contribution is 2.37. The van der Waals surface area contributed by atoms with Crippen molar-refractivity contribution in [2.24, 2.45) is 0 Å². The van der Waals surface area contributed by atoms with Crippen LogP contribution in [0.15, 0.2) is 71.6 Å². The van der Waals surface area contributed by atoms with Crippen LogP contribution in [-0.2, 0) is 9.59 Å². The van der Waals surface area contributed by atoms with Crippen LogP contribution in [0.2, 0.25) is 0 Å². The number of amides is 2. The van der Waals surface area contributed by atoms with E-state index in [-0.39, 0.29) is 18.4 Å². The standard InChI is InChI=1S/C29H29N3O4S2/c1-5-35-25-16-20(8-15-24(25)36-18-27(33)30-21-9-6-19(2)7-10-21)17-26-28(34)32(29(37)38-26)23-13-11-22(12-14-23)31(3)4/h6-17H,5,18H2,1-4H3,(H,30,33)/b26-17-. The molecule has 1 N–H and O–H groups in total. The topological polar surface area (TPSA) is 71.1 Å². The molecule has 0 radical (unpaired) electrons. The SMILES string of the molecule is CCOc1cc(/C=C2\SC(=S)N(c3ccc(N(C)C)cc3)C2=O)ccc1OCC(=O)Nc1ccc(C)cc1. The average Bonchev–Trinajstić information content (AvgIpc) is 3.17. The lowest BCUT2D eigenvalue weighted by atomic mass is 10.1. The van der Waals surface area contributed by atoms with Crippen molar-refractivity contribution < 1.29 is 19.1 Å². The van der Waals surface area contributed by atoms with Crippen LogP contribution in [-0.4, -0.2) is 43.4 Å². The molecule has 0 bridgehead atoms. The van der Waals surface area contributed by atoms with Gasteiger partial charge in [-0.2, -0.15) is 0 Å². The number of rotatable bonds is 9. The smallest absolute Gasteiger partial charge is 0.270 e. The van der Waals surface area contributed by atoms with Crippen LogP contribution in [0, 0.1) is 6.92 Å². The Bertz CT molecular complexity index is 1370. The van der Waals surface area contributed by atoms with Gasteiger partial charge in [0.25, 0.3) is 11.8 Å². The third kappa shape index (κ3) is 6.54. The normalized spacial score (nSPS) is 14.1. The van der Waals surface area contributed by atoms with Crippen LogP contribution in [0.4, 0.5) is 17.1 Å². The van der Waals surface area contributed by atoms with E-state index in [2.05, 4.69) is 5.32 Å². The third-order valence-corrected chi connectivity index (χ3v) is 6.98. The van der Waals surface area contributed by atoms with Crippen molar-refractivity contribution in [3.05, 3.63) is 82.8 Å². The number of nitrogens with one attached hydrogen (secondary N) is 1. The second-order valence-corrected chi connectivity index (χ2v) is 10.4. The fourth-order valence-electron chi connectivity index (χ4n) is 3.72. The summed E-state index contributed by atoms with van der Waals surface area (Å²) in [6, 6.07) is 20.5. The Kier molecular flexibility index (Phi) is 8.70. The summed E-state index contributed by atoms with van der Waals surface area (Å²) in [5.74, 6) is 0.474. The molecular weight excluding hydrogens is 518 g/mol. The van der Waals surface area contributed by atoms with Crippen molar-refractivity contribution in [3.8, 4) is 11.5 Å². The van der Waals surface area contributed by atoms with Gasteiger partial charge in [0.2, 0.25) is 0 Å². The van der Waals surface area contributed by atoms with E-state index in [0.717, 1.165) is 22.5 Å². The maximum Gasteiger partial charge on any atom is 0.270 e. The maximum absolute atomic E-state index is 13.2. The molecule has 0 saturated carbocycles. The number of hydrogen-bond donors (Lipinski definition) is 1. The summed E-state index contributed by atoms with van der Waals surface area (Å²) < 4.78 is 12.0. The van der Waals surface area contributed by atoms with Gasteiger partial charge in [0.15, 0.2) is 22.4 Å². The predicted molar refractivity (Wildman–Crippen MR) is 159 cm³/mol. The number of aryl methyl sites for hydroxylation is 1. The summed E-state index contributed by atoms with van der Waals surface area (Å²) in [7, 11) is 3.93. The predicted octanol–water partition coefficient (Wildman–Crippen LogP) is 5.88. The fourth-order valence-corrected chi connectivity index (χ4v) is 5.02. The van der Waals surface area contributed by atoms with E-state index < -0.39 is 0 Å². The van der Waals surface area contributed by atoms with E-state index in [1.54, 1.807) is 23.1 Å². The molecule has 0 aromatic heterocycles. The lowest BCUT2D eigenvalue weighted by molar-refractivity contribution is -0.118. The van der Waals surface area contributed by atoms with Gasteiger partial charge in [0.1, 0.15) is 0 Å². The largest absolute Gasteiger partial charge is 0.490 e. The highest BCUT2D eigenvalue weighted by atomic mass is 32.2. The molecular formula is C29H29N3O4S2. The number of thiocarbonyl (C=S) groups is 1. The van der Waals surface area contributed by atoms with Gasteiger partial charge in [0.05, 0.1) is 17.2 Å². The number of carbonyl (C=O) groups is 2. The zero-order chi connectivity index (χ0) is 27.2. The molecule has 1 heterocycles. The molecule has 9 heteroatoms. The van der Waals surface area contributed by atoms with Crippen molar-refractivity contribution in [1.82, 2.24) is 0 Å². The van der Waals surface area contributed by atoms with Crippen molar-refractivity contribution in [2.75, 3.05) is 42.4 Å². The van der Waals surface area contributed by atoms with E-state index in [0.29, 0.717) is 33.0 Å². The molecule has 38 heavy (non-hydrogen) atoms. The third-order valence-electron chi connectivity index (χ3n) is 5.68. The number of hydrogen-bond acceptors (Lipinski definition) is 7. The summed E-state index contributed by atoms with van der Waals surface area (Å²) in [5.41, 5.74) is 4.34. The van der Waals surface area contributed by atoms with Crippen LogP contribution in [0.1, 0.15) is 18.1 Å². The van der Waals surface area contributed by atoms with Crippen LogP contribution < -0.4 is 24.6 Å². The first kappa shape index (κ1) is 27.2. The number of carbonyl (C=O) groups excluding carboxylic acids is 2. The molecule has 3 aromatic rings. The lowest BCUT2D eigenvalue weighted by Gasteiger charge is -2.17. The molecule has 0 aliphatic carbocycles. The number of anilines is 3. The highest BCUT2D eigenvalue weighted by molar-refractivity contribution is 8.27. The van der Waals surface area contributed by atoms with Gasteiger partial charge in [-0.05, 0) is 74.0 Å². The van der Waals surface area contributed by atoms with E-state index in [4.69, 9.17) is 21.7 Å². The second kappa shape index (κ2) is 12.1. The molecule has 3 aromatic carbocycles. The van der Waals surface area contributed by atoms with Crippen molar-refractivity contribution in [1.29, 1.82) is 0 Å². The molecule has 0 spiro atoms. The zero-order valence-corrected chi connectivity index (χ0v) is 23.3. The van der Waals surface area contributed by atoms with E-state index in [9.17, 15) is 9.59 Å². The molecule has 1 aliphatic rings. The summed E-state index contributed by atoms with van der Waals surface area (Å²) >= 11 is 6.77. The molecule has 1 fully saturated rings. The first-order valence-corrected chi connectivity index (χ1v) is 13.3. The Morgan fingerprint density at radius 3 is 2.39 bits per heavy atom. The molecule has 0 atom stereocenters. The first-order valence-electron chi connectivity index (χ1n) is 12.1. The minimum Gasteiger partial charge on any atom is -0.490 e. The van der Waals surface area contributed by atoms with Gasteiger partial charge in [0, 0.05) is 25.5 Å². The zero-order valence-electron chi connectivity index (χ0n) is 21.7. The van der Waals surface area contributed by atoms with Gasteiger partial charge >= 0.3 is 0 Å². The molecule has 2 amide bonds. The summed E-state index contributed by atoms with van der Waals surface area (Å²) in [4.78, 5) is 29.6. The summed E-state index contributed by atoms with van der Waals surface area (Å²) in [6.45, 7) is 4.10. The molecule has 1 aliphatic heterocycles. The Morgan fingerprint density at radius 2 is 1.74 bits per heavy atom. The minimum atomic E-state index is -0.275. The van der Waals surface area contributed by atoms with Crippen molar-refractivity contribution >= 4 is 63.3 Å².